The molecule has 13 heavy (non-hydrogen) atoms. The average molecular weight is 202 g/mol. The van der Waals surface area contributed by atoms with Gasteiger partial charge in [-0.3, -0.25) is 0 Å². The molecule has 0 saturated carbocycles. The molecular formula is C8H7FO3S. The zero-order chi connectivity index (χ0) is 9.73. The molecule has 0 fully saturated rings. The van der Waals surface area contributed by atoms with Crippen molar-refractivity contribution < 1.29 is 17.0 Å². The van der Waals surface area contributed by atoms with Crippen LogP contribution in [0.15, 0.2) is 47.8 Å². The summed E-state index contributed by atoms with van der Waals surface area (Å²) in [5, 5.41) is 0. The molecule has 0 unspecified atom stereocenters. The van der Waals surface area contributed by atoms with E-state index in [1.807, 2.05) is 0 Å². The van der Waals surface area contributed by atoms with Gasteiger partial charge in [0.25, 0.3) is 0 Å². The lowest BCUT2D eigenvalue weighted by molar-refractivity contribution is 0.435. The van der Waals surface area contributed by atoms with Crippen molar-refractivity contribution in [2.45, 2.75) is 4.90 Å². The highest BCUT2D eigenvalue weighted by atomic mass is 32.2. The largest absolute Gasteiger partial charge is 0.384 e. The Labute approximate surface area is 75.6 Å². The van der Waals surface area contributed by atoms with E-state index in [0.29, 0.717) is 6.26 Å². The summed E-state index contributed by atoms with van der Waals surface area (Å²) in [6, 6.07) is 7.50. The van der Waals surface area contributed by atoms with Crippen LogP contribution in [0.3, 0.4) is 0 Å². The Kier molecular flexibility index (Phi) is 3.02. The normalized spacial score (nSPS) is 11.8. The Balaban J connectivity index is 2.95. The molecule has 0 N–H and O–H groups in total. The number of halogens is 1. The fraction of sp³-hybridized carbons (Fsp3) is 0. The third-order valence-corrected chi connectivity index (χ3v) is 2.48. The van der Waals surface area contributed by atoms with Gasteiger partial charge in [0.2, 0.25) is 0 Å². The number of hydrogen-bond acceptors (Lipinski definition) is 3. The quantitative estimate of drug-likeness (QED) is 0.554. The lowest BCUT2D eigenvalue weighted by Crippen LogP contribution is -2.01. The Morgan fingerprint density at radius 3 is 2.38 bits per heavy atom. The zero-order valence-electron chi connectivity index (χ0n) is 6.55. The first kappa shape index (κ1) is 9.73. The van der Waals surface area contributed by atoms with Crippen LogP contribution in [-0.2, 0) is 14.3 Å². The number of hydrogen-bond donors (Lipinski definition) is 0. The van der Waals surface area contributed by atoms with Gasteiger partial charge in [-0.15, -0.1) is 0 Å². The Bertz CT molecular complexity index is 383. The summed E-state index contributed by atoms with van der Waals surface area (Å²) in [5.41, 5.74) is 0. The van der Waals surface area contributed by atoms with E-state index in [1.165, 1.54) is 12.1 Å². The van der Waals surface area contributed by atoms with Gasteiger partial charge in [-0.1, -0.05) is 18.2 Å². The molecular weight excluding hydrogens is 195 g/mol. The van der Waals surface area contributed by atoms with Gasteiger partial charge in [-0.05, 0) is 12.1 Å². The molecule has 1 rings (SSSR count). The smallest absolute Gasteiger partial charge is 0.338 e. The molecule has 1 aromatic rings. The molecule has 0 heterocycles. The molecule has 5 heteroatoms. The van der Waals surface area contributed by atoms with Crippen molar-refractivity contribution in [3.05, 3.63) is 42.9 Å². The molecule has 0 bridgehead atoms. The molecule has 1 aromatic carbocycles. The minimum Gasteiger partial charge on any atom is -0.384 e. The van der Waals surface area contributed by atoms with Crippen LogP contribution >= 0.6 is 0 Å². The highest BCUT2D eigenvalue weighted by Gasteiger charge is 2.12. The average Bonchev–Trinajstić information content (AvgIpc) is 2.16. The van der Waals surface area contributed by atoms with Crippen LogP contribution in [0.1, 0.15) is 0 Å². The van der Waals surface area contributed by atoms with Crippen LogP contribution in [0, 0.1) is 0 Å². The third-order valence-electron chi connectivity index (χ3n) is 1.27. The number of benzene rings is 1. The minimum absolute atomic E-state index is 0.00639. The predicted octanol–water partition coefficient (Wildman–Crippen LogP) is 1.83. The second-order valence-electron chi connectivity index (χ2n) is 2.13. The van der Waals surface area contributed by atoms with Crippen molar-refractivity contribution >= 4 is 10.1 Å². The summed E-state index contributed by atoms with van der Waals surface area (Å²) in [5.74, 6) is 0. The molecule has 0 aliphatic rings. The monoisotopic (exact) mass is 202 g/mol. The van der Waals surface area contributed by atoms with Gasteiger partial charge < -0.3 is 4.18 Å². The highest BCUT2D eigenvalue weighted by molar-refractivity contribution is 7.86. The fourth-order valence-electron chi connectivity index (χ4n) is 0.737. The molecule has 0 amide bonds. The third kappa shape index (κ3) is 2.55. The first-order chi connectivity index (χ1) is 6.17. The van der Waals surface area contributed by atoms with Gasteiger partial charge in [-0.2, -0.15) is 8.42 Å². The van der Waals surface area contributed by atoms with Gasteiger partial charge in [-0.25, -0.2) is 4.39 Å². The van der Waals surface area contributed by atoms with Gasteiger partial charge in [0, 0.05) is 0 Å². The standard InChI is InChI=1S/C8H7FO3S/c9-6-7-12-13(10,11)8-4-2-1-3-5-8/h1-7H/b7-6+. The van der Waals surface area contributed by atoms with Crippen molar-refractivity contribution in [1.29, 1.82) is 0 Å². The second-order valence-corrected chi connectivity index (χ2v) is 3.70. The maximum absolute atomic E-state index is 11.5. The van der Waals surface area contributed by atoms with Crippen LogP contribution < -0.4 is 0 Å². The second kappa shape index (κ2) is 4.04. The van der Waals surface area contributed by atoms with E-state index in [9.17, 15) is 12.8 Å². The SMILES string of the molecule is O=S(=O)(O/C=C/F)c1ccccc1. The maximum atomic E-state index is 11.5. The molecule has 0 aromatic heterocycles. The summed E-state index contributed by atoms with van der Waals surface area (Å²) in [4.78, 5) is -0.00639. The molecule has 0 radical (unpaired) electrons. The molecule has 3 nitrogen and oxygen atoms in total. The van der Waals surface area contributed by atoms with Gasteiger partial charge >= 0.3 is 10.1 Å². The van der Waals surface area contributed by atoms with Crippen LogP contribution in [0.4, 0.5) is 4.39 Å². The van der Waals surface area contributed by atoms with Crippen molar-refractivity contribution in [3.8, 4) is 0 Å². The molecule has 0 aliphatic carbocycles. The van der Waals surface area contributed by atoms with E-state index in [-0.39, 0.29) is 11.2 Å². The molecule has 70 valence electrons. The highest BCUT2D eigenvalue weighted by Crippen LogP contribution is 2.11. The molecule has 0 spiro atoms. The topological polar surface area (TPSA) is 43.4 Å². The van der Waals surface area contributed by atoms with E-state index in [4.69, 9.17) is 0 Å². The molecule has 0 atom stereocenters. The van der Waals surface area contributed by atoms with Crippen molar-refractivity contribution in [2.75, 3.05) is 0 Å². The Morgan fingerprint density at radius 1 is 1.23 bits per heavy atom. The minimum atomic E-state index is -3.85. The van der Waals surface area contributed by atoms with E-state index in [2.05, 4.69) is 4.18 Å². The van der Waals surface area contributed by atoms with Crippen LogP contribution in [0.2, 0.25) is 0 Å². The summed E-state index contributed by atoms with van der Waals surface area (Å²) < 4.78 is 38.0. The van der Waals surface area contributed by atoms with Gasteiger partial charge in [0.05, 0.1) is 0 Å². The lowest BCUT2D eigenvalue weighted by atomic mass is 10.4. The summed E-state index contributed by atoms with van der Waals surface area (Å²) in [6.45, 7) is 0. The van der Waals surface area contributed by atoms with E-state index < -0.39 is 10.1 Å². The predicted molar refractivity (Wildman–Crippen MR) is 45.0 cm³/mol. The van der Waals surface area contributed by atoms with E-state index >= 15 is 0 Å². The lowest BCUT2D eigenvalue weighted by Gasteiger charge is -2.00. The van der Waals surface area contributed by atoms with Crippen molar-refractivity contribution in [1.82, 2.24) is 0 Å². The van der Waals surface area contributed by atoms with Crippen LogP contribution in [0.5, 0.6) is 0 Å². The van der Waals surface area contributed by atoms with Crippen molar-refractivity contribution in [3.63, 3.8) is 0 Å². The van der Waals surface area contributed by atoms with Gasteiger partial charge in [0.15, 0.2) is 0 Å². The fourth-order valence-corrected chi connectivity index (χ4v) is 1.53. The first-order valence-corrected chi connectivity index (χ1v) is 4.81. The maximum Gasteiger partial charge on any atom is 0.338 e. The van der Waals surface area contributed by atoms with Crippen LogP contribution in [-0.4, -0.2) is 8.42 Å². The Morgan fingerprint density at radius 2 is 1.85 bits per heavy atom. The van der Waals surface area contributed by atoms with E-state index in [0.717, 1.165) is 0 Å². The molecule has 0 aliphatic heterocycles. The Hall–Kier alpha value is -1.36. The summed E-state index contributed by atoms with van der Waals surface area (Å²) in [6.07, 6.45) is 0.489. The summed E-state index contributed by atoms with van der Waals surface area (Å²) >= 11 is 0. The van der Waals surface area contributed by atoms with Crippen LogP contribution in [0.25, 0.3) is 0 Å². The summed E-state index contributed by atoms with van der Waals surface area (Å²) in [7, 11) is -3.85. The zero-order valence-corrected chi connectivity index (χ0v) is 7.37. The van der Waals surface area contributed by atoms with Crippen molar-refractivity contribution in [2.24, 2.45) is 0 Å². The van der Waals surface area contributed by atoms with E-state index in [1.54, 1.807) is 18.2 Å². The van der Waals surface area contributed by atoms with Gasteiger partial charge in [0.1, 0.15) is 17.5 Å². The molecule has 0 saturated heterocycles. The number of rotatable bonds is 3. The first-order valence-electron chi connectivity index (χ1n) is 3.40.